The Bertz CT molecular complexity index is 1580. The number of nitrogens with two attached hydrogens (primary N) is 1. The number of alkyl halides is 3. The normalized spacial score (nSPS) is 12.2. The number of sulfone groups is 1. The highest BCUT2D eigenvalue weighted by molar-refractivity contribution is 8.01. The Morgan fingerprint density at radius 1 is 1.15 bits per heavy atom. The van der Waals surface area contributed by atoms with E-state index in [1.165, 1.54) is 30.0 Å². The van der Waals surface area contributed by atoms with Crippen LogP contribution in [-0.4, -0.2) is 47.5 Å². The summed E-state index contributed by atoms with van der Waals surface area (Å²) in [5.74, 6) is -2.12. The molecule has 0 fully saturated rings. The highest BCUT2D eigenvalue weighted by Crippen LogP contribution is 2.40. The molecule has 0 bridgehead atoms. The van der Waals surface area contributed by atoms with Gasteiger partial charge in [0.15, 0.2) is 0 Å². The van der Waals surface area contributed by atoms with Crippen molar-refractivity contribution in [2.75, 3.05) is 6.26 Å². The summed E-state index contributed by atoms with van der Waals surface area (Å²) in [6, 6.07) is 13.2. The summed E-state index contributed by atoms with van der Waals surface area (Å²) in [6.07, 6.45) is -1.98. The first-order valence-electron chi connectivity index (χ1n) is 10.4. The number of carboxylic acids is 1. The predicted molar refractivity (Wildman–Crippen MR) is 144 cm³/mol. The standard InChI is InChI=1S/C21H21N2O5PS3.C2HF3O2/c1-13-5-3-6-14(9-10-29(24,25)26)19(13)15-7-4-8-16(11-15)32(27,28)18-12-17(20(22)23)31-21(18)30-2;3-2(4,5)1(6)7/h3-12H,1-2H3,(H3,22,23)(H2,24,25,26);(H,6,7)/b10-9-;. The second kappa shape index (κ2) is 12.5. The van der Waals surface area contributed by atoms with E-state index in [0.29, 0.717) is 25.8 Å². The van der Waals surface area contributed by atoms with Crippen molar-refractivity contribution in [1.29, 1.82) is 5.41 Å². The zero-order valence-corrected chi connectivity index (χ0v) is 23.5. The molecular weight excluding hydrogens is 600 g/mol. The fourth-order valence-corrected chi connectivity index (χ4v) is 7.42. The van der Waals surface area contributed by atoms with E-state index in [2.05, 4.69) is 0 Å². The number of carboxylic acid groups (broad SMARTS) is 1. The number of amidine groups is 1. The lowest BCUT2D eigenvalue weighted by molar-refractivity contribution is -0.192. The van der Waals surface area contributed by atoms with Crippen LogP contribution < -0.4 is 5.73 Å². The van der Waals surface area contributed by atoms with Gasteiger partial charge in [-0.05, 0) is 59.7 Å². The maximum Gasteiger partial charge on any atom is 0.490 e. The number of aryl methyl sites for hydroxylation is 1. The van der Waals surface area contributed by atoms with Crippen LogP contribution in [0.1, 0.15) is 16.0 Å². The van der Waals surface area contributed by atoms with E-state index < -0.39 is 29.6 Å². The molecule has 0 radical (unpaired) electrons. The molecule has 9 nitrogen and oxygen atoms in total. The Morgan fingerprint density at radius 2 is 1.74 bits per heavy atom. The van der Waals surface area contributed by atoms with Crippen LogP contribution in [0.4, 0.5) is 13.2 Å². The fourth-order valence-electron chi connectivity index (χ4n) is 3.17. The molecule has 0 spiro atoms. The largest absolute Gasteiger partial charge is 0.490 e. The molecule has 1 heterocycles. The molecule has 16 heteroatoms. The Labute approximate surface area is 229 Å². The molecule has 6 N–H and O–H groups in total. The Hall–Kier alpha value is -2.94. The lowest BCUT2D eigenvalue weighted by atomic mass is 9.95. The zero-order valence-electron chi connectivity index (χ0n) is 20.1. The second-order valence-electron chi connectivity index (χ2n) is 7.66. The SMILES string of the molecule is CSc1sc(C(=N)N)cc1S(=O)(=O)c1cccc(-c2c(C)cccc2/C=C\P(=O)(O)O)c1.O=C(O)C(F)(F)F. The minimum absolute atomic E-state index is 0.0753. The average molecular weight is 623 g/mol. The number of nitrogens with one attached hydrogen (secondary N) is 1. The molecule has 0 aliphatic rings. The third-order valence-electron chi connectivity index (χ3n) is 4.84. The van der Waals surface area contributed by atoms with Gasteiger partial charge in [-0.2, -0.15) is 13.2 Å². The van der Waals surface area contributed by atoms with E-state index in [0.717, 1.165) is 22.7 Å². The minimum Gasteiger partial charge on any atom is -0.475 e. The molecule has 0 saturated heterocycles. The molecule has 39 heavy (non-hydrogen) atoms. The molecule has 1 aromatic heterocycles. The van der Waals surface area contributed by atoms with Crippen LogP contribution in [0.3, 0.4) is 0 Å². The third kappa shape index (κ3) is 8.52. The topological polar surface area (TPSA) is 179 Å². The minimum atomic E-state index is -5.08. The van der Waals surface area contributed by atoms with Crippen molar-refractivity contribution < 1.29 is 45.8 Å². The van der Waals surface area contributed by atoms with E-state index in [4.69, 9.17) is 21.0 Å². The third-order valence-corrected chi connectivity index (χ3v) is 9.71. The van der Waals surface area contributed by atoms with Crippen LogP contribution in [0.25, 0.3) is 17.2 Å². The first-order valence-corrected chi connectivity index (χ1v) is 15.6. The molecule has 210 valence electrons. The maximum absolute atomic E-state index is 13.4. The van der Waals surface area contributed by atoms with E-state index >= 15 is 0 Å². The number of hydrogen-bond donors (Lipinski definition) is 5. The summed E-state index contributed by atoms with van der Waals surface area (Å²) in [5.41, 5.74) is 8.21. The quantitative estimate of drug-likeness (QED) is 0.101. The van der Waals surface area contributed by atoms with Crippen LogP contribution in [0.5, 0.6) is 0 Å². The van der Waals surface area contributed by atoms with Crippen LogP contribution in [0.2, 0.25) is 0 Å². The summed E-state index contributed by atoms with van der Waals surface area (Å²) in [4.78, 5) is 27.8. The van der Waals surface area contributed by atoms with E-state index in [1.807, 2.05) is 13.0 Å². The molecule has 3 aromatic rings. The van der Waals surface area contributed by atoms with Gasteiger partial charge in [-0.3, -0.25) is 9.97 Å². The monoisotopic (exact) mass is 622 g/mol. The van der Waals surface area contributed by atoms with Crippen LogP contribution >= 0.6 is 30.7 Å². The van der Waals surface area contributed by atoms with Gasteiger partial charge in [-0.25, -0.2) is 13.2 Å². The predicted octanol–water partition coefficient (Wildman–Crippen LogP) is 5.34. The van der Waals surface area contributed by atoms with Gasteiger partial charge < -0.3 is 20.6 Å². The van der Waals surface area contributed by atoms with Gasteiger partial charge in [0.2, 0.25) is 9.84 Å². The molecule has 0 aliphatic carbocycles. The fraction of sp³-hybridized carbons (Fsp3) is 0.130. The summed E-state index contributed by atoms with van der Waals surface area (Å²) in [7, 11) is -8.25. The molecule has 0 unspecified atom stereocenters. The lowest BCUT2D eigenvalue weighted by Crippen LogP contribution is -2.21. The van der Waals surface area contributed by atoms with Crippen molar-refractivity contribution in [3.05, 3.63) is 70.4 Å². The van der Waals surface area contributed by atoms with Crippen LogP contribution in [0.15, 0.2) is 68.3 Å². The summed E-state index contributed by atoms with van der Waals surface area (Å²) < 4.78 is 70.4. The van der Waals surface area contributed by atoms with Crippen LogP contribution in [0, 0.1) is 12.3 Å². The molecule has 0 atom stereocenters. The highest BCUT2D eigenvalue weighted by Gasteiger charge is 2.38. The van der Waals surface area contributed by atoms with Crippen molar-refractivity contribution in [3.63, 3.8) is 0 Å². The van der Waals surface area contributed by atoms with Gasteiger partial charge in [-0.1, -0.05) is 30.3 Å². The number of thioether (sulfide) groups is 1. The summed E-state index contributed by atoms with van der Waals surface area (Å²) >= 11 is 2.43. The lowest BCUT2D eigenvalue weighted by Gasteiger charge is -2.12. The summed E-state index contributed by atoms with van der Waals surface area (Å²) in [6.45, 7) is 1.84. The number of rotatable bonds is 7. The number of carbonyl (C=O) groups is 1. The molecule has 0 saturated carbocycles. The van der Waals surface area contributed by atoms with Crippen molar-refractivity contribution in [3.8, 4) is 11.1 Å². The first-order chi connectivity index (χ1) is 17.9. The second-order valence-corrected chi connectivity index (χ2v) is 13.2. The molecule has 0 aliphatic heterocycles. The molecule has 0 amide bonds. The van der Waals surface area contributed by atoms with Crippen molar-refractivity contribution >= 4 is 58.4 Å². The molecule has 3 rings (SSSR count). The van der Waals surface area contributed by atoms with Crippen molar-refractivity contribution in [2.45, 2.75) is 27.1 Å². The van der Waals surface area contributed by atoms with Crippen molar-refractivity contribution in [2.24, 2.45) is 5.73 Å². The Balaban J connectivity index is 0.000000673. The van der Waals surface area contributed by atoms with Gasteiger partial charge in [0.25, 0.3) is 0 Å². The van der Waals surface area contributed by atoms with E-state index in [9.17, 15) is 35.9 Å². The van der Waals surface area contributed by atoms with E-state index in [-0.39, 0.29) is 15.6 Å². The van der Waals surface area contributed by atoms with Crippen molar-refractivity contribution in [1.82, 2.24) is 0 Å². The smallest absolute Gasteiger partial charge is 0.475 e. The summed E-state index contributed by atoms with van der Waals surface area (Å²) in [5, 5.41) is 14.8. The van der Waals surface area contributed by atoms with E-state index in [1.54, 1.807) is 36.6 Å². The number of halogens is 3. The number of benzene rings is 2. The molecule has 2 aromatic carbocycles. The maximum atomic E-state index is 13.4. The number of nitrogen functional groups attached to an aromatic ring is 1. The molecular formula is C23H22F3N2O7PS3. The van der Waals surface area contributed by atoms with Gasteiger partial charge >= 0.3 is 19.7 Å². The number of thiophene rings is 1. The van der Waals surface area contributed by atoms with Crippen LogP contribution in [-0.2, 0) is 19.2 Å². The first kappa shape index (κ1) is 32.3. The van der Waals surface area contributed by atoms with Gasteiger partial charge in [0.05, 0.1) is 18.9 Å². The van der Waals surface area contributed by atoms with Gasteiger partial charge in [0, 0.05) is 5.82 Å². The Kier molecular flexibility index (Phi) is 10.3. The Morgan fingerprint density at radius 3 is 2.26 bits per heavy atom. The number of hydrogen-bond acceptors (Lipinski definition) is 7. The van der Waals surface area contributed by atoms with Gasteiger partial charge in [-0.15, -0.1) is 23.1 Å². The van der Waals surface area contributed by atoms with Gasteiger partial charge in [0.1, 0.15) is 5.84 Å². The highest BCUT2D eigenvalue weighted by atomic mass is 32.2. The number of aliphatic carboxylic acids is 1. The average Bonchev–Trinajstić information content (AvgIpc) is 3.28. The zero-order chi connectivity index (χ0) is 29.8.